The highest BCUT2D eigenvalue weighted by molar-refractivity contribution is 5.93. The van der Waals surface area contributed by atoms with E-state index in [0.29, 0.717) is 12.5 Å². The summed E-state index contributed by atoms with van der Waals surface area (Å²) in [5.41, 5.74) is 0.942. The Morgan fingerprint density at radius 2 is 1.92 bits per heavy atom. The number of fused-ring (bicyclic) bond motifs is 1. The lowest BCUT2D eigenvalue weighted by Gasteiger charge is -2.22. The lowest BCUT2D eigenvalue weighted by atomic mass is 9.89. The molecule has 5 heteroatoms. The highest BCUT2D eigenvalue weighted by Crippen LogP contribution is 2.22. The summed E-state index contributed by atoms with van der Waals surface area (Å²) < 4.78 is 5.27. The Bertz CT molecular complexity index is 753. The molecule has 5 nitrogen and oxygen atoms in total. The van der Waals surface area contributed by atoms with E-state index in [1.807, 2.05) is 30.3 Å². The second-order valence-electron chi connectivity index (χ2n) is 6.69. The average molecular weight is 340 g/mol. The molecular weight excluding hydrogens is 316 g/mol. The zero-order valence-corrected chi connectivity index (χ0v) is 14.5. The van der Waals surface area contributed by atoms with E-state index in [2.05, 4.69) is 10.3 Å². The predicted molar refractivity (Wildman–Crippen MR) is 96.2 cm³/mol. The number of hydrogen-bond acceptors (Lipinski definition) is 4. The van der Waals surface area contributed by atoms with Gasteiger partial charge in [-0.2, -0.15) is 0 Å². The number of pyridine rings is 1. The number of ether oxygens (including phenoxy) is 1. The monoisotopic (exact) mass is 340 g/mol. The van der Waals surface area contributed by atoms with Gasteiger partial charge in [-0.15, -0.1) is 0 Å². The third-order valence-electron chi connectivity index (χ3n) is 4.75. The first kappa shape index (κ1) is 17.4. The Morgan fingerprint density at radius 3 is 2.72 bits per heavy atom. The minimum atomic E-state index is -0.829. The van der Waals surface area contributed by atoms with E-state index in [-0.39, 0.29) is 11.6 Å². The van der Waals surface area contributed by atoms with E-state index in [9.17, 15) is 9.59 Å². The second-order valence-corrected chi connectivity index (χ2v) is 6.69. The Balaban J connectivity index is 1.54. The van der Waals surface area contributed by atoms with Crippen molar-refractivity contribution >= 4 is 22.8 Å². The van der Waals surface area contributed by atoms with Crippen molar-refractivity contribution in [1.29, 1.82) is 0 Å². The van der Waals surface area contributed by atoms with Crippen LogP contribution in [-0.4, -0.2) is 29.5 Å². The highest BCUT2D eigenvalue weighted by Gasteiger charge is 2.21. The van der Waals surface area contributed by atoms with Crippen LogP contribution in [0.25, 0.3) is 10.9 Å². The highest BCUT2D eigenvalue weighted by atomic mass is 16.5. The Kier molecular flexibility index (Phi) is 5.64. The normalized spacial score (nSPS) is 16.4. The molecular formula is C20H24N2O3. The van der Waals surface area contributed by atoms with Gasteiger partial charge in [0.25, 0.3) is 5.91 Å². The number of amides is 1. The van der Waals surface area contributed by atoms with Gasteiger partial charge in [0.1, 0.15) is 5.69 Å². The molecule has 132 valence electrons. The van der Waals surface area contributed by atoms with E-state index in [0.717, 1.165) is 23.7 Å². The van der Waals surface area contributed by atoms with E-state index in [1.54, 1.807) is 13.0 Å². The topological polar surface area (TPSA) is 68.3 Å². The standard InChI is InChI=1S/C20H24N2O3/c1-14(19(23)21-13-15-7-3-2-4-8-15)25-20(24)18-12-11-16-9-5-6-10-17(16)22-18/h5-6,9-12,14-15H,2-4,7-8,13H2,1H3,(H,21,23)/t14-/m0/s1. The Hall–Kier alpha value is -2.43. The van der Waals surface area contributed by atoms with Gasteiger partial charge in [0.2, 0.25) is 0 Å². The molecule has 0 bridgehead atoms. The van der Waals surface area contributed by atoms with Crippen LogP contribution in [0.2, 0.25) is 0 Å². The van der Waals surface area contributed by atoms with Crippen LogP contribution < -0.4 is 5.32 Å². The number of benzene rings is 1. The van der Waals surface area contributed by atoms with Gasteiger partial charge in [-0.25, -0.2) is 9.78 Å². The molecule has 1 aliphatic rings. The molecule has 0 spiro atoms. The van der Waals surface area contributed by atoms with E-state index in [1.165, 1.54) is 19.3 Å². The molecule has 1 heterocycles. The van der Waals surface area contributed by atoms with Crippen LogP contribution in [0.1, 0.15) is 49.5 Å². The summed E-state index contributed by atoms with van der Waals surface area (Å²) in [6, 6.07) is 11.0. The van der Waals surface area contributed by atoms with Crippen molar-refractivity contribution in [1.82, 2.24) is 10.3 Å². The van der Waals surface area contributed by atoms with Crippen molar-refractivity contribution in [2.75, 3.05) is 6.54 Å². The van der Waals surface area contributed by atoms with Gasteiger partial charge in [0, 0.05) is 11.9 Å². The van der Waals surface area contributed by atoms with Gasteiger partial charge < -0.3 is 10.1 Å². The molecule has 1 atom stereocenters. The van der Waals surface area contributed by atoms with Crippen LogP contribution >= 0.6 is 0 Å². The van der Waals surface area contributed by atoms with Crippen LogP contribution in [0.15, 0.2) is 36.4 Å². The summed E-state index contributed by atoms with van der Waals surface area (Å²) >= 11 is 0. The molecule has 1 saturated carbocycles. The largest absolute Gasteiger partial charge is 0.448 e. The van der Waals surface area contributed by atoms with Crippen molar-refractivity contribution in [3.05, 3.63) is 42.1 Å². The van der Waals surface area contributed by atoms with E-state index >= 15 is 0 Å². The molecule has 1 aromatic heterocycles. The molecule has 1 amide bonds. The molecule has 0 saturated heterocycles. The van der Waals surface area contributed by atoms with E-state index < -0.39 is 12.1 Å². The summed E-state index contributed by atoms with van der Waals surface area (Å²) in [5.74, 6) is -0.284. The maximum atomic E-state index is 12.2. The van der Waals surface area contributed by atoms with Gasteiger partial charge in [0.15, 0.2) is 6.10 Å². The fourth-order valence-electron chi connectivity index (χ4n) is 3.23. The minimum Gasteiger partial charge on any atom is -0.448 e. The molecule has 1 aliphatic carbocycles. The van der Waals surface area contributed by atoms with Gasteiger partial charge >= 0.3 is 5.97 Å². The van der Waals surface area contributed by atoms with Crippen molar-refractivity contribution in [3.8, 4) is 0 Å². The summed E-state index contributed by atoms with van der Waals surface area (Å²) in [7, 11) is 0. The first-order valence-electron chi connectivity index (χ1n) is 8.98. The molecule has 1 N–H and O–H groups in total. The number of hydrogen-bond donors (Lipinski definition) is 1. The summed E-state index contributed by atoms with van der Waals surface area (Å²) in [6.45, 7) is 2.25. The van der Waals surface area contributed by atoms with Crippen LogP contribution in [-0.2, 0) is 9.53 Å². The summed E-state index contributed by atoms with van der Waals surface area (Å²) in [4.78, 5) is 28.7. The van der Waals surface area contributed by atoms with E-state index in [4.69, 9.17) is 4.74 Å². The molecule has 0 unspecified atom stereocenters. The molecule has 0 radical (unpaired) electrons. The van der Waals surface area contributed by atoms with Crippen molar-refractivity contribution in [2.45, 2.75) is 45.1 Å². The van der Waals surface area contributed by atoms with Crippen LogP contribution in [0.3, 0.4) is 0 Å². The zero-order valence-electron chi connectivity index (χ0n) is 14.5. The van der Waals surface area contributed by atoms with Crippen LogP contribution in [0, 0.1) is 5.92 Å². The van der Waals surface area contributed by atoms with Crippen molar-refractivity contribution in [2.24, 2.45) is 5.92 Å². The predicted octanol–water partition coefficient (Wildman–Crippen LogP) is 3.48. The SMILES string of the molecule is C[C@H](OC(=O)c1ccc2ccccc2n1)C(=O)NCC1CCCCC1. The number of esters is 1. The number of carbonyl (C=O) groups excluding carboxylic acids is 2. The molecule has 1 aromatic carbocycles. The van der Waals surface area contributed by atoms with Gasteiger partial charge in [-0.05, 0) is 37.8 Å². The first-order valence-corrected chi connectivity index (χ1v) is 8.98. The van der Waals surface area contributed by atoms with Crippen LogP contribution in [0.5, 0.6) is 0 Å². The molecule has 2 aromatic rings. The third kappa shape index (κ3) is 4.56. The smallest absolute Gasteiger partial charge is 0.357 e. The van der Waals surface area contributed by atoms with Crippen molar-refractivity contribution in [3.63, 3.8) is 0 Å². The lowest BCUT2D eigenvalue weighted by molar-refractivity contribution is -0.129. The molecule has 25 heavy (non-hydrogen) atoms. The maximum absolute atomic E-state index is 12.2. The fraction of sp³-hybridized carbons (Fsp3) is 0.450. The molecule has 0 aliphatic heterocycles. The second kappa shape index (κ2) is 8.10. The quantitative estimate of drug-likeness (QED) is 0.846. The number of aromatic nitrogens is 1. The average Bonchev–Trinajstić information content (AvgIpc) is 2.66. The maximum Gasteiger partial charge on any atom is 0.357 e. The number of para-hydroxylation sites is 1. The third-order valence-corrected chi connectivity index (χ3v) is 4.75. The number of rotatable bonds is 5. The van der Waals surface area contributed by atoms with Gasteiger partial charge in [-0.1, -0.05) is 43.5 Å². The van der Waals surface area contributed by atoms with Gasteiger partial charge in [-0.3, -0.25) is 4.79 Å². The molecule has 1 fully saturated rings. The lowest BCUT2D eigenvalue weighted by Crippen LogP contribution is -2.38. The number of nitrogens with one attached hydrogen (secondary N) is 1. The Labute approximate surface area is 147 Å². The molecule has 3 rings (SSSR count). The van der Waals surface area contributed by atoms with Crippen LogP contribution in [0.4, 0.5) is 0 Å². The fourth-order valence-corrected chi connectivity index (χ4v) is 3.23. The first-order chi connectivity index (χ1) is 12.1. The van der Waals surface area contributed by atoms with Crippen molar-refractivity contribution < 1.29 is 14.3 Å². The summed E-state index contributed by atoms with van der Waals surface area (Å²) in [6.07, 6.45) is 5.25. The Morgan fingerprint density at radius 1 is 1.16 bits per heavy atom. The van der Waals surface area contributed by atoms with Gasteiger partial charge in [0.05, 0.1) is 5.52 Å². The number of nitrogens with zero attached hydrogens (tertiary/aromatic N) is 1. The zero-order chi connectivity index (χ0) is 17.6. The minimum absolute atomic E-state index is 0.214. The summed E-state index contributed by atoms with van der Waals surface area (Å²) in [5, 5.41) is 3.86. The number of carbonyl (C=O) groups is 2.